The third kappa shape index (κ3) is 5.78. The van der Waals surface area contributed by atoms with Crippen LogP contribution in [0.25, 0.3) is 21.5 Å². The molecule has 1 N–H and O–H groups in total. The summed E-state index contributed by atoms with van der Waals surface area (Å²) < 4.78 is 0. The van der Waals surface area contributed by atoms with Gasteiger partial charge >= 0.3 is 0 Å². The van der Waals surface area contributed by atoms with Crippen LogP contribution >= 0.6 is 11.3 Å². The number of H-pyrrole nitrogens is 1. The lowest BCUT2D eigenvalue weighted by molar-refractivity contribution is -0.132. The van der Waals surface area contributed by atoms with Crippen LogP contribution in [0, 0.1) is 19.8 Å². The van der Waals surface area contributed by atoms with Gasteiger partial charge in [-0.1, -0.05) is 17.2 Å². The van der Waals surface area contributed by atoms with Crippen molar-refractivity contribution in [1.29, 1.82) is 0 Å². The summed E-state index contributed by atoms with van der Waals surface area (Å²) in [6.45, 7) is 17.4. The number of carbonyl (C=O) groups excluding carboxylic acids is 3. The van der Waals surface area contributed by atoms with Crippen LogP contribution < -0.4 is 0 Å². The molecule has 4 aliphatic heterocycles. The van der Waals surface area contributed by atoms with E-state index < -0.39 is 5.41 Å². The molecule has 46 heavy (non-hydrogen) atoms. The number of aromatic nitrogens is 1. The van der Waals surface area contributed by atoms with Crippen molar-refractivity contribution in [1.82, 2.24) is 24.6 Å². The number of likely N-dealkylation sites (tertiary alicyclic amines) is 1. The van der Waals surface area contributed by atoms with Crippen LogP contribution in [0.2, 0.25) is 0 Å². The van der Waals surface area contributed by atoms with Gasteiger partial charge in [-0.3, -0.25) is 29.1 Å². The Labute approximate surface area is 277 Å². The van der Waals surface area contributed by atoms with Gasteiger partial charge in [0.1, 0.15) is 4.83 Å². The van der Waals surface area contributed by atoms with Crippen LogP contribution in [0.5, 0.6) is 0 Å². The van der Waals surface area contributed by atoms with Crippen LogP contribution in [0.4, 0.5) is 0 Å². The summed E-state index contributed by atoms with van der Waals surface area (Å²) in [5, 5.41) is 0.928. The number of hydrogen-bond acceptors (Lipinski definition) is 7. The molecule has 4 saturated heterocycles. The molecular formula is C37H49N5O3S. The fourth-order valence-electron chi connectivity index (χ4n) is 8.57. The minimum absolute atomic E-state index is 0.0219. The zero-order valence-corrected chi connectivity index (χ0v) is 29.0. The monoisotopic (exact) mass is 643 g/mol. The van der Waals surface area contributed by atoms with E-state index in [0.717, 1.165) is 115 Å². The number of aromatic amines is 1. The molecule has 6 heterocycles. The van der Waals surface area contributed by atoms with E-state index in [0.29, 0.717) is 24.8 Å². The molecule has 2 bridgehead atoms. The zero-order valence-electron chi connectivity index (χ0n) is 28.2. The molecule has 2 atom stereocenters. The minimum atomic E-state index is -0.626. The largest absolute Gasteiger partial charge is 0.346 e. The Hall–Kier alpha value is -2.85. The van der Waals surface area contributed by atoms with Gasteiger partial charge < -0.3 is 9.88 Å². The van der Waals surface area contributed by atoms with Crippen molar-refractivity contribution in [2.75, 3.05) is 58.9 Å². The molecule has 7 rings (SSSR count). The van der Waals surface area contributed by atoms with E-state index in [2.05, 4.69) is 78.6 Å². The first-order valence-corrected chi connectivity index (χ1v) is 18.1. The molecule has 246 valence electrons. The smallest absolute Gasteiger partial charge is 0.236 e. The van der Waals surface area contributed by atoms with E-state index >= 15 is 0 Å². The third-order valence-electron chi connectivity index (χ3n) is 11.2. The summed E-state index contributed by atoms with van der Waals surface area (Å²) in [6, 6.07) is 8.80. The molecule has 0 spiro atoms. The maximum absolute atomic E-state index is 14.4. The van der Waals surface area contributed by atoms with Gasteiger partial charge in [-0.05, 0) is 103 Å². The molecule has 2 aromatic heterocycles. The quantitative estimate of drug-likeness (QED) is 0.321. The van der Waals surface area contributed by atoms with Crippen molar-refractivity contribution >= 4 is 39.0 Å². The highest BCUT2D eigenvalue weighted by molar-refractivity contribution is 7.19. The lowest BCUT2D eigenvalue weighted by atomic mass is 9.79. The van der Waals surface area contributed by atoms with E-state index in [4.69, 9.17) is 0 Å². The summed E-state index contributed by atoms with van der Waals surface area (Å²) >= 11 is 1.63. The van der Waals surface area contributed by atoms with E-state index in [1.54, 1.807) is 11.3 Å². The number of benzene rings is 1. The van der Waals surface area contributed by atoms with E-state index in [1.165, 1.54) is 0 Å². The highest BCUT2D eigenvalue weighted by Crippen LogP contribution is 2.44. The average molecular weight is 644 g/mol. The number of piperidine rings is 1. The van der Waals surface area contributed by atoms with Crippen LogP contribution in [-0.2, 0) is 15.0 Å². The van der Waals surface area contributed by atoms with Gasteiger partial charge in [0.2, 0.25) is 5.91 Å². The maximum atomic E-state index is 14.4. The summed E-state index contributed by atoms with van der Waals surface area (Å²) in [4.78, 5) is 55.8. The Morgan fingerprint density at radius 2 is 1.61 bits per heavy atom. The molecule has 0 radical (unpaired) electrons. The zero-order chi connectivity index (χ0) is 32.3. The van der Waals surface area contributed by atoms with Crippen molar-refractivity contribution in [2.45, 2.75) is 77.8 Å². The first-order chi connectivity index (χ1) is 22.0. The van der Waals surface area contributed by atoms with Crippen molar-refractivity contribution in [3.8, 4) is 11.3 Å². The molecule has 1 amide bonds. The topological polar surface area (TPSA) is 80.0 Å². The van der Waals surface area contributed by atoms with Crippen molar-refractivity contribution < 1.29 is 14.4 Å². The Bertz CT molecular complexity index is 1630. The Morgan fingerprint density at radius 3 is 2.24 bits per heavy atom. The number of nitrogens with zero attached hydrogens (tertiary/aromatic N) is 4. The second kappa shape index (κ2) is 12.3. The highest BCUT2D eigenvalue weighted by Gasteiger charge is 2.49. The number of fused-ring (bicyclic) bond motifs is 3. The molecule has 1 aromatic carbocycles. The number of aryl methyl sites for hydroxylation is 2. The number of ketones is 2. The molecule has 8 nitrogen and oxygen atoms in total. The SMILES string of the molecule is Cc1cc(C)cc(-c2[nH]c3sc(C(C)(C)C(=O)C4C5CCN4CC5)cc3c2C(=O)CN2CCN(CC(=O)N3CCCC3)C(C)C2)c1. The fraction of sp³-hybridized carbons (Fsp3) is 0.595. The van der Waals surface area contributed by atoms with Gasteiger partial charge in [0.15, 0.2) is 11.6 Å². The number of rotatable bonds is 9. The summed E-state index contributed by atoms with van der Waals surface area (Å²) in [5.41, 5.74) is 4.32. The summed E-state index contributed by atoms with van der Waals surface area (Å²) in [6.07, 6.45) is 4.45. The van der Waals surface area contributed by atoms with E-state index in [9.17, 15) is 14.4 Å². The van der Waals surface area contributed by atoms with Crippen LogP contribution in [0.15, 0.2) is 24.3 Å². The summed E-state index contributed by atoms with van der Waals surface area (Å²) in [7, 11) is 0. The predicted molar refractivity (Wildman–Crippen MR) is 185 cm³/mol. The van der Waals surface area contributed by atoms with E-state index in [-0.39, 0.29) is 23.8 Å². The lowest BCUT2D eigenvalue weighted by Crippen LogP contribution is -2.55. The van der Waals surface area contributed by atoms with Crippen molar-refractivity contribution in [2.24, 2.45) is 5.92 Å². The number of thiophene rings is 1. The van der Waals surface area contributed by atoms with Crippen molar-refractivity contribution in [3.05, 3.63) is 45.8 Å². The second-order valence-corrected chi connectivity index (χ2v) is 16.0. The van der Waals surface area contributed by atoms with Gasteiger partial charge in [0, 0.05) is 49.0 Å². The molecule has 2 unspecified atom stereocenters. The lowest BCUT2D eigenvalue weighted by Gasteiger charge is -2.39. The number of piperazine rings is 1. The number of Topliss-reactive ketones (excluding diaryl/α,β-unsaturated/α-hetero) is 2. The van der Waals surface area contributed by atoms with Gasteiger partial charge in [-0.2, -0.15) is 0 Å². The van der Waals surface area contributed by atoms with Gasteiger partial charge in [0.25, 0.3) is 0 Å². The fourth-order valence-corrected chi connectivity index (χ4v) is 9.74. The predicted octanol–water partition coefficient (Wildman–Crippen LogP) is 5.27. The molecule has 4 fully saturated rings. The Balaban J connectivity index is 1.15. The third-order valence-corrected chi connectivity index (χ3v) is 12.6. The maximum Gasteiger partial charge on any atom is 0.236 e. The number of carbonyl (C=O) groups is 3. The number of amides is 1. The molecular weight excluding hydrogens is 595 g/mol. The van der Waals surface area contributed by atoms with Crippen molar-refractivity contribution in [3.63, 3.8) is 0 Å². The molecule has 0 saturated carbocycles. The van der Waals surface area contributed by atoms with Gasteiger partial charge in [-0.25, -0.2) is 0 Å². The minimum Gasteiger partial charge on any atom is -0.346 e. The number of nitrogens with one attached hydrogen (secondary N) is 1. The Kier molecular flexibility index (Phi) is 8.49. The van der Waals surface area contributed by atoms with E-state index in [1.807, 2.05) is 4.90 Å². The summed E-state index contributed by atoms with van der Waals surface area (Å²) in [5.74, 6) is 1.12. The van der Waals surface area contributed by atoms with Gasteiger partial charge in [-0.15, -0.1) is 11.3 Å². The standard InChI is InChI=1S/C37H49N5O3S/c1-23-16-24(2)18-27(17-23)33-32(29(43)21-39-14-15-42(25(3)20-39)22-31(44)40-10-6-7-11-40)28-19-30(46-36(28)38-33)37(4,5)35(45)34-26-8-12-41(34)13-9-26/h16-19,25-26,34,38H,6-15,20-22H2,1-5H3. The number of hydrogen-bond donors (Lipinski definition) is 1. The first kappa shape index (κ1) is 31.7. The normalized spacial score (nSPS) is 25.6. The van der Waals surface area contributed by atoms with Crippen LogP contribution in [0.3, 0.4) is 0 Å². The molecule has 3 aromatic rings. The first-order valence-electron chi connectivity index (χ1n) is 17.3. The van der Waals surface area contributed by atoms with Crippen LogP contribution in [-0.4, -0.2) is 113 Å². The molecule has 9 heteroatoms. The highest BCUT2D eigenvalue weighted by atomic mass is 32.1. The van der Waals surface area contributed by atoms with Crippen LogP contribution in [0.1, 0.15) is 72.8 Å². The Morgan fingerprint density at radius 1 is 0.913 bits per heavy atom. The molecule has 0 aliphatic carbocycles. The molecule has 4 aliphatic rings. The van der Waals surface area contributed by atoms with Gasteiger partial charge in [0.05, 0.1) is 35.8 Å². The average Bonchev–Trinajstić information content (AvgIpc) is 3.84. The second-order valence-electron chi connectivity index (χ2n) is 15.0.